The summed E-state index contributed by atoms with van der Waals surface area (Å²) in [5.74, 6) is 0. The molecule has 0 spiro atoms. The van der Waals surface area contributed by atoms with Gasteiger partial charge in [0, 0.05) is 10.1 Å². The third-order valence-electron chi connectivity index (χ3n) is 4.23. The van der Waals surface area contributed by atoms with Crippen LogP contribution >= 0.6 is 23.2 Å². The molecular formula is C22H14Cl2N2O4. The highest BCUT2D eigenvalue weighted by atomic mass is 35.5. The zero-order chi connectivity index (χ0) is 21.7. The standard InChI is InChI=1S/C22H14Cl2N2O4/c23-19(15-7-3-1-4-8-15)12-17-11-18(13-20(24)16-9-5-2-6-10-16)22(26(29)30)14-21(17)25(27)28/h1-14H/b19-12+,20-13+. The van der Waals surface area contributed by atoms with Crippen LogP contribution in [0.2, 0.25) is 0 Å². The number of nitro benzene ring substituents is 2. The van der Waals surface area contributed by atoms with Gasteiger partial charge < -0.3 is 0 Å². The highest BCUT2D eigenvalue weighted by Gasteiger charge is 2.23. The molecule has 0 bridgehead atoms. The molecule has 0 atom stereocenters. The second kappa shape index (κ2) is 9.35. The Morgan fingerprint density at radius 1 is 0.667 bits per heavy atom. The van der Waals surface area contributed by atoms with Gasteiger partial charge >= 0.3 is 0 Å². The Labute approximate surface area is 182 Å². The molecule has 0 heterocycles. The van der Waals surface area contributed by atoms with Crippen LogP contribution < -0.4 is 0 Å². The molecule has 3 aromatic carbocycles. The molecule has 0 amide bonds. The second-order valence-corrected chi connectivity index (χ2v) is 7.02. The minimum Gasteiger partial charge on any atom is -0.258 e. The molecule has 0 saturated carbocycles. The summed E-state index contributed by atoms with van der Waals surface area (Å²) >= 11 is 12.7. The summed E-state index contributed by atoms with van der Waals surface area (Å²) in [4.78, 5) is 21.7. The zero-order valence-electron chi connectivity index (χ0n) is 15.4. The number of nitro groups is 2. The minimum absolute atomic E-state index is 0.128. The van der Waals surface area contributed by atoms with E-state index in [9.17, 15) is 20.2 Å². The molecule has 3 rings (SSSR count). The van der Waals surface area contributed by atoms with Crippen molar-refractivity contribution in [1.82, 2.24) is 0 Å². The quantitative estimate of drug-likeness (QED) is 0.235. The van der Waals surface area contributed by atoms with Crippen molar-refractivity contribution in [2.24, 2.45) is 0 Å². The Morgan fingerprint density at radius 3 is 1.37 bits per heavy atom. The van der Waals surface area contributed by atoms with E-state index in [1.54, 1.807) is 48.5 Å². The zero-order valence-corrected chi connectivity index (χ0v) is 16.9. The van der Waals surface area contributed by atoms with Crippen LogP contribution in [0.1, 0.15) is 22.3 Å². The lowest BCUT2D eigenvalue weighted by Gasteiger charge is -2.05. The van der Waals surface area contributed by atoms with E-state index in [1.807, 2.05) is 12.1 Å². The summed E-state index contributed by atoms with van der Waals surface area (Å²) in [5, 5.41) is 23.6. The molecule has 8 heteroatoms. The van der Waals surface area contributed by atoms with Gasteiger partial charge in [0.2, 0.25) is 0 Å². The summed E-state index contributed by atoms with van der Waals surface area (Å²) in [7, 11) is 0. The van der Waals surface area contributed by atoms with Crippen LogP contribution in [0.4, 0.5) is 11.4 Å². The molecule has 0 radical (unpaired) electrons. The average molecular weight is 441 g/mol. The van der Waals surface area contributed by atoms with Crippen LogP contribution in [0.5, 0.6) is 0 Å². The van der Waals surface area contributed by atoms with Crippen LogP contribution in [0, 0.1) is 20.2 Å². The molecule has 0 saturated heterocycles. The average Bonchev–Trinajstić information content (AvgIpc) is 2.74. The van der Waals surface area contributed by atoms with E-state index in [4.69, 9.17) is 23.2 Å². The fourth-order valence-electron chi connectivity index (χ4n) is 2.79. The Kier molecular flexibility index (Phi) is 6.61. The molecule has 30 heavy (non-hydrogen) atoms. The smallest absolute Gasteiger partial charge is 0.258 e. The summed E-state index contributed by atoms with van der Waals surface area (Å²) in [6.45, 7) is 0. The molecule has 3 aromatic rings. The fraction of sp³-hybridized carbons (Fsp3) is 0. The normalized spacial score (nSPS) is 11.9. The van der Waals surface area contributed by atoms with E-state index in [2.05, 4.69) is 0 Å². The molecular weight excluding hydrogens is 427 g/mol. The largest absolute Gasteiger partial charge is 0.283 e. The first-order chi connectivity index (χ1) is 14.4. The topological polar surface area (TPSA) is 86.3 Å². The van der Waals surface area contributed by atoms with E-state index in [0.717, 1.165) is 6.07 Å². The summed E-state index contributed by atoms with van der Waals surface area (Å²) in [6.07, 6.45) is 2.82. The van der Waals surface area contributed by atoms with E-state index >= 15 is 0 Å². The van der Waals surface area contributed by atoms with Crippen molar-refractivity contribution in [2.75, 3.05) is 0 Å². The number of hydrogen-bond donors (Lipinski definition) is 0. The van der Waals surface area contributed by atoms with E-state index in [1.165, 1.54) is 18.2 Å². The monoisotopic (exact) mass is 440 g/mol. The van der Waals surface area contributed by atoms with Gasteiger partial charge in [-0.25, -0.2) is 0 Å². The number of nitrogens with zero attached hydrogens (tertiary/aromatic N) is 2. The van der Waals surface area contributed by atoms with Gasteiger partial charge in [-0.2, -0.15) is 0 Å². The van der Waals surface area contributed by atoms with Crippen LogP contribution in [0.25, 0.3) is 22.2 Å². The molecule has 0 aliphatic heterocycles. The maximum Gasteiger partial charge on any atom is 0.283 e. The number of benzene rings is 3. The van der Waals surface area contributed by atoms with Crippen LogP contribution in [-0.2, 0) is 0 Å². The van der Waals surface area contributed by atoms with Gasteiger partial charge in [-0.1, -0.05) is 83.9 Å². The molecule has 0 aromatic heterocycles. The number of hydrogen-bond acceptors (Lipinski definition) is 4. The highest BCUT2D eigenvalue weighted by Crippen LogP contribution is 2.35. The third kappa shape index (κ3) is 4.92. The summed E-state index contributed by atoms with van der Waals surface area (Å²) < 4.78 is 0. The van der Waals surface area contributed by atoms with Crippen molar-refractivity contribution in [1.29, 1.82) is 0 Å². The Morgan fingerprint density at radius 2 is 1.03 bits per heavy atom. The van der Waals surface area contributed by atoms with Crippen LogP contribution in [-0.4, -0.2) is 9.85 Å². The first-order valence-corrected chi connectivity index (χ1v) is 9.44. The number of rotatable bonds is 6. The minimum atomic E-state index is -0.680. The van der Waals surface area contributed by atoms with E-state index in [0.29, 0.717) is 11.1 Å². The van der Waals surface area contributed by atoms with Crippen LogP contribution in [0.15, 0.2) is 72.8 Å². The van der Waals surface area contributed by atoms with Crippen molar-refractivity contribution in [2.45, 2.75) is 0 Å². The molecule has 6 nitrogen and oxygen atoms in total. The van der Waals surface area contributed by atoms with Gasteiger partial charge in [-0.3, -0.25) is 20.2 Å². The molecule has 0 unspecified atom stereocenters. The fourth-order valence-corrected chi connectivity index (χ4v) is 3.28. The molecule has 0 aliphatic carbocycles. The summed E-state index contributed by atoms with van der Waals surface area (Å²) in [6, 6.07) is 20.0. The maximum atomic E-state index is 11.5. The van der Waals surface area contributed by atoms with Crippen molar-refractivity contribution < 1.29 is 9.85 Å². The molecule has 0 N–H and O–H groups in total. The third-order valence-corrected chi connectivity index (χ3v) is 4.89. The van der Waals surface area contributed by atoms with Gasteiger partial charge in [0.15, 0.2) is 0 Å². The predicted molar refractivity (Wildman–Crippen MR) is 120 cm³/mol. The first-order valence-electron chi connectivity index (χ1n) is 8.69. The molecule has 150 valence electrons. The summed E-state index contributed by atoms with van der Waals surface area (Å²) in [5.41, 5.74) is 0.719. The van der Waals surface area contributed by atoms with E-state index < -0.39 is 21.2 Å². The van der Waals surface area contributed by atoms with Crippen LogP contribution in [0.3, 0.4) is 0 Å². The van der Waals surface area contributed by atoms with Gasteiger partial charge in [-0.15, -0.1) is 0 Å². The van der Waals surface area contributed by atoms with Crippen molar-refractivity contribution in [3.63, 3.8) is 0 Å². The van der Waals surface area contributed by atoms with Crippen molar-refractivity contribution in [3.05, 3.63) is 115 Å². The van der Waals surface area contributed by atoms with Gasteiger partial charge in [0.1, 0.15) is 0 Å². The van der Waals surface area contributed by atoms with Gasteiger partial charge in [-0.05, 0) is 29.3 Å². The first kappa shape index (κ1) is 21.2. The molecule has 0 fully saturated rings. The molecule has 0 aliphatic rings. The Balaban J connectivity index is 2.18. The number of halogens is 2. The Hall–Kier alpha value is -3.48. The highest BCUT2D eigenvalue weighted by molar-refractivity contribution is 6.51. The Bertz CT molecular complexity index is 1070. The van der Waals surface area contributed by atoms with Gasteiger partial charge in [0.25, 0.3) is 11.4 Å². The lowest BCUT2D eigenvalue weighted by atomic mass is 10.0. The SMILES string of the molecule is O=[N+]([O-])c1cc([N+](=O)[O-])c(/C=C(/Cl)c2ccccc2)cc1/C=C(/Cl)c1ccccc1. The maximum absolute atomic E-state index is 11.5. The van der Waals surface area contributed by atoms with Crippen molar-refractivity contribution >= 4 is 56.8 Å². The second-order valence-electron chi connectivity index (χ2n) is 6.20. The van der Waals surface area contributed by atoms with E-state index in [-0.39, 0.29) is 21.2 Å². The lowest BCUT2D eigenvalue weighted by molar-refractivity contribution is -0.394. The van der Waals surface area contributed by atoms with Crippen molar-refractivity contribution in [3.8, 4) is 0 Å². The van der Waals surface area contributed by atoms with Gasteiger partial charge in [0.05, 0.1) is 27.0 Å². The predicted octanol–water partition coefficient (Wildman–Crippen LogP) is 6.98. The lowest BCUT2D eigenvalue weighted by Crippen LogP contribution is -1.98.